The van der Waals surface area contributed by atoms with Crippen molar-refractivity contribution in [3.8, 4) is 0 Å². The third kappa shape index (κ3) is 6.04. The minimum atomic E-state index is -5.03. The second kappa shape index (κ2) is 10.2. The van der Waals surface area contributed by atoms with Crippen LogP contribution in [0.4, 0.5) is 13.2 Å². The molecular weight excluding hydrogens is 483 g/mol. The summed E-state index contributed by atoms with van der Waals surface area (Å²) in [6.45, 7) is -0.691. The number of halogens is 3. The number of hydrogen-bond donors (Lipinski definition) is 3. The Bertz CT molecular complexity index is 1010. The lowest BCUT2D eigenvalue weighted by Crippen LogP contribution is -2.53. The summed E-state index contributed by atoms with van der Waals surface area (Å²) in [6, 6.07) is 5.83. The zero-order valence-corrected chi connectivity index (χ0v) is 19.4. The normalized spacial score (nSPS) is 24.3. The summed E-state index contributed by atoms with van der Waals surface area (Å²) < 4.78 is 41.2. The third-order valence-corrected chi connectivity index (χ3v) is 7.17. The zero-order chi connectivity index (χ0) is 26.1. The molecule has 3 aliphatic rings. The topological polar surface area (TPSA) is 125 Å². The molecule has 2 saturated heterocycles. The number of amides is 3. The smallest absolute Gasteiger partial charge is 0.378 e. The maximum absolute atomic E-state index is 13.3. The van der Waals surface area contributed by atoms with Crippen LogP contribution in [0.15, 0.2) is 30.3 Å². The molecule has 4 rings (SSSR count). The van der Waals surface area contributed by atoms with E-state index in [9.17, 15) is 37.5 Å². The molecule has 1 spiro atoms. The molecule has 0 bridgehead atoms. The number of benzene rings is 1. The van der Waals surface area contributed by atoms with E-state index in [1.807, 2.05) is 0 Å². The molecule has 3 fully saturated rings. The van der Waals surface area contributed by atoms with Crippen molar-refractivity contribution in [3.05, 3.63) is 35.9 Å². The molecule has 1 aliphatic carbocycles. The molecule has 3 amide bonds. The molecular formula is C24H28F3N3O6. The lowest BCUT2D eigenvalue weighted by Gasteiger charge is -2.28. The first kappa shape index (κ1) is 26.1. The Morgan fingerprint density at radius 3 is 2.50 bits per heavy atom. The summed E-state index contributed by atoms with van der Waals surface area (Å²) in [4.78, 5) is 52.4. The molecule has 1 saturated carbocycles. The van der Waals surface area contributed by atoms with Gasteiger partial charge in [-0.05, 0) is 43.1 Å². The van der Waals surface area contributed by atoms with Gasteiger partial charge in [-0.3, -0.25) is 23.9 Å². The number of carbonyl (C=O) groups is 4. The van der Waals surface area contributed by atoms with E-state index < -0.39 is 54.7 Å². The Kier molecular flexibility index (Phi) is 7.37. The molecule has 0 aromatic heterocycles. The molecule has 36 heavy (non-hydrogen) atoms. The highest BCUT2D eigenvalue weighted by Crippen LogP contribution is 2.55. The fourth-order valence-electron chi connectivity index (χ4n) is 4.94. The van der Waals surface area contributed by atoms with Crippen LogP contribution in [-0.2, 0) is 23.9 Å². The average molecular weight is 511 g/mol. The highest BCUT2D eigenvalue weighted by atomic mass is 19.4. The number of ether oxygens (including phenoxy) is 1. The zero-order valence-electron chi connectivity index (χ0n) is 19.4. The highest BCUT2D eigenvalue weighted by Gasteiger charge is 2.56. The van der Waals surface area contributed by atoms with E-state index in [0.717, 1.165) is 12.8 Å². The van der Waals surface area contributed by atoms with E-state index in [-0.39, 0.29) is 24.3 Å². The van der Waals surface area contributed by atoms with E-state index in [2.05, 4.69) is 15.4 Å². The fraction of sp³-hybridized carbons (Fsp3) is 0.583. The number of aliphatic hydroxyl groups is 1. The lowest BCUT2D eigenvalue weighted by atomic mass is 9.95. The maximum atomic E-state index is 13.3. The van der Waals surface area contributed by atoms with E-state index in [1.165, 1.54) is 4.90 Å². The molecule has 4 atom stereocenters. The molecule has 9 nitrogen and oxygen atoms in total. The van der Waals surface area contributed by atoms with Gasteiger partial charge in [-0.25, -0.2) is 0 Å². The first-order valence-electron chi connectivity index (χ1n) is 11.8. The summed E-state index contributed by atoms with van der Waals surface area (Å²) in [7, 11) is 0. The van der Waals surface area contributed by atoms with Crippen molar-refractivity contribution in [3.63, 3.8) is 0 Å². The second-order valence-electron chi connectivity index (χ2n) is 9.77. The summed E-state index contributed by atoms with van der Waals surface area (Å²) in [5, 5.41) is 15.7. The van der Waals surface area contributed by atoms with Gasteiger partial charge >= 0.3 is 6.36 Å². The molecule has 2 unspecified atom stereocenters. The van der Waals surface area contributed by atoms with Gasteiger partial charge in [0, 0.05) is 19.0 Å². The molecule has 196 valence electrons. The Labute approximate surface area is 205 Å². The second-order valence-corrected chi connectivity index (χ2v) is 9.77. The summed E-state index contributed by atoms with van der Waals surface area (Å²) in [6.07, 6.45) is -4.42. The van der Waals surface area contributed by atoms with Crippen LogP contribution in [0, 0.1) is 11.3 Å². The number of nitrogens with zero attached hydrogens (tertiary/aromatic N) is 1. The van der Waals surface area contributed by atoms with Crippen molar-refractivity contribution in [2.75, 3.05) is 19.7 Å². The van der Waals surface area contributed by atoms with Crippen molar-refractivity contribution in [1.29, 1.82) is 0 Å². The number of aliphatic hydroxyl groups excluding tert-OH is 1. The summed E-state index contributed by atoms with van der Waals surface area (Å²) in [5.74, 6) is -3.40. The Hall–Kier alpha value is -2.99. The van der Waals surface area contributed by atoms with Crippen molar-refractivity contribution in [2.45, 2.75) is 56.7 Å². The number of carbonyl (C=O) groups excluding carboxylic acids is 4. The number of ketones is 1. The van der Waals surface area contributed by atoms with Crippen molar-refractivity contribution in [1.82, 2.24) is 15.5 Å². The molecule has 1 aromatic carbocycles. The predicted molar refractivity (Wildman–Crippen MR) is 118 cm³/mol. The SMILES string of the molecule is O=C(COC(F)(F)F)C(C[C@@H]1CCNC1=O)NC(=O)[C@@H]1CC2(CC2)CN1C(=O)C(O)c1ccccc1. The minimum absolute atomic E-state index is 0.184. The van der Waals surface area contributed by atoms with Crippen LogP contribution in [0.3, 0.4) is 0 Å². The van der Waals surface area contributed by atoms with Crippen LogP contribution in [0.2, 0.25) is 0 Å². The number of hydrogen-bond acceptors (Lipinski definition) is 6. The molecule has 0 radical (unpaired) electrons. The van der Waals surface area contributed by atoms with Gasteiger partial charge in [0.2, 0.25) is 11.8 Å². The maximum Gasteiger partial charge on any atom is 0.522 e. The number of Topliss-reactive ketones (excluding diaryl/α,β-unsaturated/α-hetero) is 1. The Morgan fingerprint density at radius 2 is 1.92 bits per heavy atom. The van der Waals surface area contributed by atoms with Crippen LogP contribution < -0.4 is 10.6 Å². The first-order chi connectivity index (χ1) is 17.0. The van der Waals surface area contributed by atoms with E-state index in [1.54, 1.807) is 30.3 Å². The molecule has 3 N–H and O–H groups in total. The Morgan fingerprint density at radius 1 is 1.22 bits per heavy atom. The van der Waals surface area contributed by atoms with Gasteiger partial charge in [0.1, 0.15) is 12.6 Å². The highest BCUT2D eigenvalue weighted by molar-refractivity contribution is 5.95. The van der Waals surface area contributed by atoms with Crippen LogP contribution in [0.25, 0.3) is 0 Å². The molecule has 2 heterocycles. The van der Waals surface area contributed by atoms with Gasteiger partial charge < -0.3 is 20.6 Å². The van der Waals surface area contributed by atoms with Crippen LogP contribution >= 0.6 is 0 Å². The number of alkyl halides is 3. The van der Waals surface area contributed by atoms with Crippen LogP contribution in [-0.4, -0.2) is 71.7 Å². The number of likely N-dealkylation sites (tertiary alicyclic amines) is 1. The quantitative estimate of drug-likeness (QED) is 0.458. The van der Waals surface area contributed by atoms with Gasteiger partial charge in [-0.2, -0.15) is 0 Å². The minimum Gasteiger partial charge on any atom is -0.378 e. The molecule has 1 aromatic rings. The van der Waals surface area contributed by atoms with Crippen molar-refractivity contribution in [2.24, 2.45) is 11.3 Å². The van der Waals surface area contributed by atoms with E-state index in [0.29, 0.717) is 24.9 Å². The first-order valence-corrected chi connectivity index (χ1v) is 11.8. The lowest BCUT2D eigenvalue weighted by molar-refractivity contribution is -0.321. The van der Waals surface area contributed by atoms with Crippen LogP contribution in [0.5, 0.6) is 0 Å². The van der Waals surface area contributed by atoms with E-state index in [4.69, 9.17) is 0 Å². The monoisotopic (exact) mass is 511 g/mol. The molecule has 2 aliphatic heterocycles. The largest absolute Gasteiger partial charge is 0.522 e. The van der Waals surface area contributed by atoms with Gasteiger partial charge in [0.05, 0.1) is 6.04 Å². The van der Waals surface area contributed by atoms with E-state index >= 15 is 0 Å². The summed E-state index contributed by atoms with van der Waals surface area (Å²) >= 11 is 0. The third-order valence-electron chi connectivity index (χ3n) is 7.17. The van der Waals surface area contributed by atoms with Crippen molar-refractivity contribution >= 4 is 23.5 Å². The Balaban J connectivity index is 1.49. The molecule has 12 heteroatoms. The summed E-state index contributed by atoms with van der Waals surface area (Å²) in [5.41, 5.74) is 0.112. The van der Waals surface area contributed by atoms with Gasteiger partial charge in [0.25, 0.3) is 5.91 Å². The standard InChI is InChI=1S/C24H28F3N3O6/c25-24(26,27)36-12-18(31)16(10-15-6-9-28-20(15)33)29-21(34)17-11-23(7-8-23)13-30(17)22(35)19(32)14-4-2-1-3-5-14/h1-5,15-17,19,32H,6-13H2,(H,28,33)(H,29,34)/t15-,16?,17-,19?/m0/s1. The van der Waals surface area contributed by atoms with Gasteiger partial charge in [-0.1, -0.05) is 30.3 Å². The van der Waals surface area contributed by atoms with Crippen molar-refractivity contribution < 1.29 is 42.2 Å². The number of rotatable bonds is 9. The van der Waals surface area contributed by atoms with Gasteiger partial charge in [0.15, 0.2) is 11.9 Å². The van der Waals surface area contributed by atoms with Gasteiger partial charge in [-0.15, -0.1) is 13.2 Å². The number of nitrogens with one attached hydrogen (secondary N) is 2. The predicted octanol–water partition coefficient (Wildman–Crippen LogP) is 1.22. The van der Waals surface area contributed by atoms with Crippen LogP contribution in [0.1, 0.15) is 43.8 Å². The average Bonchev–Trinajstić information content (AvgIpc) is 3.30. The fourth-order valence-corrected chi connectivity index (χ4v) is 4.94.